The molecular formula is C25H33N3O5. The van der Waals surface area contributed by atoms with E-state index >= 15 is 0 Å². The Bertz CT molecular complexity index is 985. The summed E-state index contributed by atoms with van der Waals surface area (Å²) in [5, 5.41) is 8.35. The lowest BCUT2D eigenvalue weighted by atomic mass is 9.58. The Hall–Kier alpha value is -1.84. The monoisotopic (exact) mass is 455 g/mol. The van der Waals surface area contributed by atoms with Gasteiger partial charge in [0.05, 0.1) is 25.0 Å². The third-order valence-corrected chi connectivity index (χ3v) is 8.37. The molecule has 8 nitrogen and oxygen atoms in total. The van der Waals surface area contributed by atoms with Gasteiger partial charge in [-0.25, -0.2) is 14.5 Å². The van der Waals surface area contributed by atoms with Crippen LogP contribution in [-0.4, -0.2) is 45.6 Å². The molecule has 5 heterocycles. The molecule has 178 valence electrons. The molecule has 1 aliphatic carbocycles. The minimum absolute atomic E-state index is 0.162. The Balaban J connectivity index is 1.19. The van der Waals surface area contributed by atoms with Gasteiger partial charge in [-0.3, -0.25) is 0 Å². The average molecular weight is 456 g/mol. The molecule has 0 radical (unpaired) electrons. The second-order valence-corrected chi connectivity index (χ2v) is 10.4. The van der Waals surface area contributed by atoms with Crippen LogP contribution in [0.4, 0.5) is 0 Å². The summed E-state index contributed by atoms with van der Waals surface area (Å²) in [5.74, 6) is 0.561. The molecule has 8 heteroatoms. The first-order valence-electron chi connectivity index (χ1n) is 12.3. The van der Waals surface area contributed by atoms with Crippen molar-refractivity contribution in [1.82, 2.24) is 15.0 Å². The van der Waals surface area contributed by atoms with Gasteiger partial charge in [0.1, 0.15) is 0 Å². The number of benzene rings is 1. The van der Waals surface area contributed by atoms with Crippen LogP contribution in [0, 0.1) is 23.7 Å². The van der Waals surface area contributed by atoms with E-state index in [1.807, 2.05) is 29.8 Å². The lowest BCUT2D eigenvalue weighted by Gasteiger charge is -2.60. The highest BCUT2D eigenvalue weighted by Crippen LogP contribution is 2.60. The van der Waals surface area contributed by atoms with Crippen molar-refractivity contribution in [2.24, 2.45) is 23.7 Å². The van der Waals surface area contributed by atoms with Crippen molar-refractivity contribution in [3.8, 4) is 11.3 Å². The predicted molar refractivity (Wildman–Crippen MR) is 118 cm³/mol. The predicted octanol–water partition coefficient (Wildman–Crippen LogP) is 4.17. The molecule has 5 fully saturated rings. The summed E-state index contributed by atoms with van der Waals surface area (Å²) >= 11 is 0. The molecule has 1 aromatic carbocycles. The molecule has 5 aliphatic rings. The number of ether oxygens (including phenoxy) is 3. The van der Waals surface area contributed by atoms with E-state index in [0.717, 1.165) is 30.5 Å². The summed E-state index contributed by atoms with van der Waals surface area (Å²) in [7, 11) is 0. The molecule has 1 spiro atoms. The lowest BCUT2D eigenvalue weighted by molar-refractivity contribution is -0.577. The largest absolute Gasteiger partial charge is 0.350 e. The molecule has 0 amide bonds. The lowest BCUT2D eigenvalue weighted by Crippen LogP contribution is -2.70. The maximum Gasteiger partial charge on any atom is 0.201 e. The molecule has 4 saturated heterocycles. The van der Waals surface area contributed by atoms with Crippen LogP contribution in [-0.2, 0) is 30.5 Å². The Labute approximate surface area is 194 Å². The topological polar surface area (TPSA) is 76.9 Å². The molecule has 4 aliphatic heterocycles. The minimum Gasteiger partial charge on any atom is -0.350 e. The Kier molecular flexibility index (Phi) is 5.34. The summed E-state index contributed by atoms with van der Waals surface area (Å²) < 4.78 is 21.1. The van der Waals surface area contributed by atoms with Gasteiger partial charge >= 0.3 is 0 Å². The van der Waals surface area contributed by atoms with Crippen LogP contribution < -0.4 is 0 Å². The van der Waals surface area contributed by atoms with Crippen molar-refractivity contribution in [3.63, 3.8) is 0 Å². The quantitative estimate of drug-likeness (QED) is 0.626. The molecule has 2 aromatic rings. The van der Waals surface area contributed by atoms with E-state index in [4.69, 9.17) is 24.0 Å². The highest BCUT2D eigenvalue weighted by Gasteiger charge is 2.69. The fourth-order valence-electron chi connectivity index (χ4n) is 6.57. The van der Waals surface area contributed by atoms with Crippen LogP contribution >= 0.6 is 0 Å². The van der Waals surface area contributed by atoms with E-state index in [1.54, 1.807) is 6.20 Å². The van der Waals surface area contributed by atoms with E-state index in [1.165, 1.54) is 6.42 Å². The zero-order valence-corrected chi connectivity index (χ0v) is 19.6. The number of rotatable bonds is 5. The van der Waals surface area contributed by atoms with Gasteiger partial charge in [0.25, 0.3) is 0 Å². The van der Waals surface area contributed by atoms with Crippen molar-refractivity contribution in [2.45, 2.75) is 77.0 Å². The SMILES string of the molecule is C[C@@H]1CC[C@H]2[C@@H](C)C(OCCn3nncc3-c3ccccc3)O[C@@H]3O[C@@]4(C)CC[C@@H]1[C@]32OO4. The first-order chi connectivity index (χ1) is 16.0. The number of hydrogen-bond donors (Lipinski definition) is 0. The molecule has 8 atom stereocenters. The van der Waals surface area contributed by atoms with Gasteiger partial charge in [0.15, 0.2) is 18.2 Å². The van der Waals surface area contributed by atoms with Crippen LogP contribution in [0.3, 0.4) is 0 Å². The van der Waals surface area contributed by atoms with E-state index in [9.17, 15) is 0 Å². The minimum atomic E-state index is -0.770. The summed E-state index contributed by atoms with van der Waals surface area (Å²) in [4.78, 5) is 12.1. The van der Waals surface area contributed by atoms with E-state index in [2.05, 4.69) is 36.3 Å². The fourth-order valence-corrected chi connectivity index (χ4v) is 6.57. The normalized spacial score (nSPS) is 42.0. The Morgan fingerprint density at radius 1 is 1.09 bits per heavy atom. The second kappa shape index (κ2) is 8.13. The number of nitrogens with zero attached hydrogens (tertiary/aromatic N) is 3. The second-order valence-electron chi connectivity index (χ2n) is 10.4. The molecule has 2 bridgehead atoms. The van der Waals surface area contributed by atoms with Gasteiger partial charge < -0.3 is 14.2 Å². The molecule has 1 saturated carbocycles. The number of hydrogen-bond acceptors (Lipinski definition) is 7. The zero-order chi connectivity index (χ0) is 22.6. The summed E-state index contributed by atoms with van der Waals surface area (Å²) in [6.45, 7) is 7.55. The van der Waals surface area contributed by atoms with Crippen LogP contribution in [0.2, 0.25) is 0 Å². The van der Waals surface area contributed by atoms with Crippen LogP contribution in [0.5, 0.6) is 0 Å². The highest BCUT2D eigenvalue weighted by atomic mass is 17.3. The summed E-state index contributed by atoms with van der Waals surface area (Å²) in [5.41, 5.74) is 1.50. The molecule has 33 heavy (non-hydrogen) atoms. The smallest absolute Gasteiger partial charge is 0.201 e. The van der Waals surface area contributed by atoms with Gasteiger partial charge in [0.2, 0.25) is 5.79 Å². The van der Waals surface area contributed by atoms with Crippen LogP contribution in [0.25, 0.3) is 11.3 Å². The fraction of sp³-hybridized carbons (Fsp3) is 0.680. The van der Waals surface area contributed by atoms with Gasteiger partial charge in [-0.2, -0.15) is 0 Å². The number of fused-ring (bicyclic) bond motifs is 2. The third kappa shape index (κ3) is 3.46. The molecule has 1 aromatic heterocycles. The van der Waals surface area contributed by atoms with Crippen molar-refractivity contribution < 1.29 is 24.0 Å². The Morgan fingerprint density at radius 2 is 1.94 bits per heavy atom. The van der Waals surface area contributed by atoms with Gasteiger partial charge in [0, 0.05) is 23.8 Å². The van der Waals surface area contributed by atoms with Crippen LogP contribution in [0.1, 0.15) is 46.5 Å². The first kappa shape index (κ1) is 21.7. The maximum absolute atomic E-state index is 6.50. The van der Waals surface area contributed by atoms with Crippen molar-refractivity contribution in [3.05, 3.63) is 36.5 Å². The standard InChI is InChI=1S/C25H33N3O5/c1-16-9-10-20-17(2)22(30-23-25(20)19(16)11-12-24(3,31-23)32-33-25)29-14-13-28-21(15-26-27-28)18-7-5-4-6-8-18/h4-8,15-17,19-20,22-23H,9-14H2,1-3H3/t16-,17-,19+,20+,22?,23-,24-,25-/m1/s1. The molecule has 1 unspecified atom stereocenters. The van der Waals surface area contributed by atoms with E-state index in [0.29, 0.717) is 25.0 Å². The summed E-state index contributed by atoms with van der Waals surface area (Å²) in [6.07, 6.45) is 5.02. The maximum atomic E-state index is 6.50. The van der Waals surface area contributed by atoms with Crippen molar-refractivity contribution in [2.75, 3.05) is 6.61 Å². The number of aromatic nitrogens is 3. The average Bonchev–Trinajstić information content (AvgIpc) is 3.17. The Morgan fingerprint density at radius 3 is 2.79 bits per heavy atom. The van der Waals surface area contributed by atoms with E-state index in [-0.39, 0.29) is 18.1 Å². The van der Waals surface area contributed by atoms with Gasteiger partial charge in [-0.05, 0) is 38.0 Å². The molecule has 7 rings (SSSR count). The molecule has 0 N–H and O–H groups in total. The van der Waals surface area contributed by atoms with Crippen molar-refractivity contribution in [1.29, 1.82) is 0 Å². The van der Waals surface area contributed by atoms with E-state index < -0.39 is 17.7 Å². The van der Waals surface area contributed by atoms with Crippen molar-refractivity contribution >= 4 is 0 Å². The first-order valence-corrected chi connectivity index (χ1v) is 12.3. The van der Waals surface area contributed by atoms with Gasteiger partial charge in [-0.1, -0.05) is 49.4 Å². The summed E-state index contributed by atoms with van der Waals surface area (Å²) in [6, 6.07) is 10.2. The van der Waals surface area contributed by atoms with Gasteiger partial charge in [-0.15, -0.1) is 5.10 Å². The highest BCUT2D eigenvalue weighted by molar-refractivity contribution is 5.57. The zero-order valence-electron chi connectivity index (χ0n) is 19.6. The third-order valence-electron chi connectivity index (χ3n) is 8.37. The molecular weight excluding hydrogens is 422 g/mol. The van der Waals surface area contributed by atoms with Crippen LogP contribution in [0.15, 0.2) is 36.5 Å².